The molecule has 16 heavy (non-hydrogen) atoms. The van der Waals surface area contributed by atoms with Crippen molar-refractivity contribution in [2.24, 2.45) is 0 Å². The first-order chi connectivity index (χ1) is 7.65. The van der Waals surface area contributed by atoms with Crippen LogP contribution in [0.3, 0.4) is 0 Å². The predicted octanol–water partition coefficient (Wildman–Crippen LogP) is 1.47. The average Bonchev–Trinajstić information content (AvgIpc) is 3.00. The molecule has 1 aromatic heterocycles. The minimum Gasteiger partial charge on any atom is -0.323 e. The van der Waals surface area contributed by atoms with Gasteiger partial charge in [0.2, 0.25) is 16.0 Å². The van der Waals surface area contributed by atoms with Crippen molar-refractivity contribution in [1.82, 2.24) is 9.97 Å². The smallest absolute Gasteiger partial charge is 0.237 e. The second-order valence-corrected chi connectivity index (χ2v) is 5.91. The molecule has 1 aromatic carbocycles. The van der Waals surface area contributed by atoms with Crippen molar-refractivity contribution in [3.63, 3.8) is 0 Å². The highest BCUT2D eigenvalue weighted by molar-refractivity contribution is 7.93. The van der Waals surface area contributed by atoms with Crippen LogP contribution in [0.4, 0.5) is 5.95 Å². The lowest BCUT2D eigenvalue weighted by atomic mass is 10.3. The Morgan fingerprint density at radius 3 is 2.75 bits per heavy atom. The van der Waals surface area contributed by atoms with Gasteiger partial charge in [-0.25, -0.2) is 13.4 Å². The van der Waals surface area contributed by atoms with Crippen LogP contribution < -0.4 is 4.72 Å². The zero-order valence-corrected chi connectivity index (χ0v) is 9.29. The van der Waals surface area contributed by atoms with E-state index in [2.05, 4.69) is 14.7 Å². The summed E-state index contributed by atoms with van der Waals surface area (Å²) in [4.78, 5) is 7.10. The van der Waals surface area contributed by atoms with E-state index in [0.717, 1.165) is 23.9 Å². The molecule has 2 aromatic rings. The number of benzene rings is 1. The van der Waals surface area contributed by atoms with Gasteiger partial charge < -0.3 is 4.98 Å². The summed E-state index contributed by atoms with van der Waals surface area (Å²) in [6, 6.07) is 7.43. The SMILES string of the molecule is O=S(=O)(Nc1nc2ccccc2[nH]1)C1CC1. The molecule has 0 aliphatic heterocycles. The molecule has 0 spiro atoms. The van der Waals surface area contributed by atoms with Crippen LogP contribution >= 0.6 is 0 Å². The maximum Gasteiger partial charge on any atom is 0.237 e. The fourth-order valence-electron chi connectivity index (χ4n) is 1.60. The molecule has 84 valence electrons. The molecule has 1 heterocycles. The lowest BCUT2D eigenvalue weighted by molar-refractivity contribution is 0.599. The van der Waals surface area contributed by atoms with Crippen LogP contribution in [0.2, 0.25) is 0 Å². The van der Waals surface area contributed by atoms with Crippen LogP contribution in [0.15, 0.2) is 24.3 Å². The Labute approximate surface area is 92.9 Å². The lowest BCUT2D eigenvalue weighted by Crippen LogP contribution is -2.18. The molecular formula is C10H11N3O2S. The second-order valence-electron chi connectivity index (χ2n) is 3.95. The molecule has 6 heteroatoms. The molecule has 2 N–H and O–H groups in total. The molecule has 0 amide bonds. The van der Waals surface area contributed by atoms with Crippen molar-refractivity contribution in [1.29, 1.82) is 0 Å². The van der Waals surface area contributed by atoms with Crippen LogP contribution in [0.25, 0.3) is 11.0 Å². The zero-order valence-electron chi connectivity index (χ0n) is 8.47. The summed E-state index contributed by atoms with van der Waals surface area (Å²) < 4.78 is 25.8. The highest BCUT2D eigenvalue weighted by atomic mass is 32.2. The molecule has 0 radical (unpaired) electrons. The topological polar surface area (TPSA) is 74.8 Å². The normalized spacial score (nSPS) is 16.5. The predicted molar refractivity (Wildman–Crippen MR) is 61.7 cm³/mol. The summed E-state index contributed by atoms with van der Waals surface area (Å²) in [6.07, 6.45) is 1.49. The van der Waals surface area contributed by atoms with Crippen LogP contribution in [0.1, 0.15) is 12.8 Å². The number of nitrogens with one attached hydrogen (secondary N) is 2. The Bertz CT molecular complexity index is 595. The maximum atomic E-state index is 11.7. The molecule has 1 aliphatic carbocycles. The number of nitrogens with zero attached hydrogens (tertiary/aromatic N) is 1. The van der Waals surface area contributed by atoms with Crippen LogP contribution in [-0.2, 0) is 10.0 Å². The monoisotopic (exact) mass is 237 g/mol. The molecule has 3 rings (SSSR count). The number of para-hydroxylation sites is 2. The van der Waals surface area contributed by atoms with Gasteiger partial charge >= 0.3 is 0 Å². The number of sulfonamides is 1. The number of rotatable bonds is 3. The van der Waals surface area contributed by atoms with Crippen molar-refractivity contribution in [2.75, 3.05) is 4.72 Å². The number of anilines is 1. The van der Waals surface area contributed by atoms with Gasteiger partial charge in [0.15, 0.2) is 0 Å². The van der Waals surface area contributed by atoms with Crippen molar-refractivity contribution < 1.29 is 8.42 Å². The standard InChI is InChI=1S/C10H11N3O2S/c14-16(15,7-5-6-7)13-10-11-8-3-1-2-4-9(8)12-10/h1-4,7H,5-6H2,(H2,11,12,13). The minimum atomic E-state index is -3.23. The van der Waals surface area contributed by atoms with Gasteiger partial charge in [0.1, 0.15) is 0 Å². The Kier molecular flexibility index (Phi) is 1.94. The maximum absolute atomic E-state index is 11.7. The van der Waals surface area contributed by atoms with E-state index in [1.165, 1.54) is 0 Å². The molecule has 0 unspecified atom stereocenters. The van der Waals surface area contributed by atoms with Crippen molar-refractivity contribution in [3.8, 4) is 0 Å². The third kappa shape index (κ3) is 1.65. The van der Waals surface area contributed by atoms with Gasteiger partial charge in [-0.3, -0.25) is 4.72 Å². The molecule has 1 fully saturated rings. The first-order valence-electron chi connectivity index (χ1n) is 5.11. The summed E-state index contributed by atoms with van der Waals surface area (Å²) in [5, 5.41) is -0.235. The minimum absolute atomic E-state index is 0.235. The number of H-pyrrole nitrogens is 1. The van der Waals surface area contributed by atoms with Gasteiger partial charge in [-0.2, -0.15) is 0 Å². The van der Waals surface area contributed by atoms with Crippen LogP contribution in [0, 0.1) is 0 Å². The lowest BCUT2D eigenvalue weighted by Gasteiger charge is -2.01. The largest absolute Gasteiger partial charge is 0.323 e. The fraction of sp³-hybridized carbons (Fsp3) is 0.300. The van der Waals surface area contributed by atoms with E-state index in [4.69, 9.17) is 0 Å². The Balaban J connectivity index is 1.95. The number of hydrogen-bond donors (Lipinski definition) is 2. The highest BCUT2D eigenvalue weighted by Gasteiger charge is 2.36. The first kappa shape index (κ1) is 9.65. The second kappa shape index (κ2) is 3.21. The van der Waals surface area contributed by atoms with Crippen molar-refractivity contribution in [2.45, 2.75) is 18.1 Å². The summed E-state index contributed by atoms with van der Waals surface area (Å²) in [5.74, 6) is 0.299. The van der Waals surface area contributed by atoms with Crippen LogP contribution in [0.5, 0.6) is 0 Å². The quantitative estimate of drug-likeness (QED) is 0.848. The molecular weight excluding hydrogens is 226 g/mol. The average molecular weight is 237 g/mol. The number of hydrogen-bond acceptors (Lipinski definition) is 3. The van der Waals surface area contributed by atoms with E-state index in [-0.39, 0.29) is 5.25 Å². The molecule has 0 bridgehead atoms. The van der Waals surface area contributed by atoms with Gasteiger partial charge in [-0.1, -0.05) is 12.1 Å². The summed E-state index contributed by atoms with van der Waals surface area (Å²) in [5.41, 5.74) is 1.59. The highest BCUT2D eigenvalue weighted by Crippen LogP contribution is 2.29. The number of fused-ring (bicyclic) bond motifs is 1. The molecule has 1 saturated carbocycles. The first-order valence-corrected chi connectivity index (χ1v) is 6.66. The van der Waals surface area contributed by atoms with E-state index < -0.39 is 10.0 Å². The third-order valence-electron chi connectivity index (χ3n) is 2.59. The van der Waals surface area contributed by atoms with E-state index in [1.54, 1.807) is 0 Å². The Hall–Kier alpha value is -1.56. The van der Waals surface area contributed by atoms with E-state index >= 15 is 0 Å². The fourth-order valence-corrected chi connectivity index (χ4v) is 2.89. The summed E-state index contributed by atoms with van der Waals surface area (Å²) in [6.45, 7) is 0. The third-order valence-corrected chi connectivity index (χ3v) is 4.42. The van der Waals surface area contributed by atoms with E-state index in [1.807, 2.05) is 24.3 Å². The number of aromatic nitrogens is 2. The van der Waals surface area contributed by atoms with Gasteiger partial charge in [-0.15, -0.1) is 0 Å². The number of imidazole rings is 1. The Morgan fingerprint density at radius 2 is 2.06 bits per heavy atom. The summed E-state index contributed by atoms with van der Waals surface area (Å²) >= 11 is 0. The van der Waals surface area contributed by atoms with Gasteiger partial charge in [-0.05, 0) is 25.0 Å². The molecule has 0 saturated heterocycles. The van der Waals surface area contributed by atoms with Gasteiger partial charge in [0.05, 0.1) is 16.3 Å². The van der Waals surface area contributed by atoms with Gasteiger partial charge in [0.25, 0.3) is 0 Å². The molecule has 5 nitrogen and oxygen atoms in total. The van der Waals surface area contributed by atoms with Gasteiger partial charge in [0, 0.05) is 0 Å². The summed E-state index contributed by atoms with van der Waals surface area (Å²) in [7, 11) is -3.23. The zero-order chi connectivity index (χ0) is 11.2. The molecule has 1 aliphatic rings. The van der Waals surface area contributed by atoms with E-state index in [0.29, 0.717) is 5.95 Å². The van der Waals surface area contributed by atoms with Crippen LogP contribution in [-0.4, -0.2) is 23.6 Å². The van der Waals surface area contributed by atoms with E-state index in [9.17, 15) is 8.42 Å². The number of aromatic amines is 1. The van der Waals surface area contributed by atoms with Crippen molar-refractivity contribution >= 4 is 27.0 Å². The Morgan fingerprint density at radius 1 is 1.31 bits per heavy atom. The molecule has 0 atom stereocenters. The van der Waals surface area contributed by atoms with Crippen molar-refractivity contribution in [3.05, 3.63) is 24.3 Å².